The van der Waals surface area contributed by atoms with Crippen molar-refractivity contribution >= 4 is 33.2 Å². The lowest BCUT2D eigenvalue weighted by Crippen LogP contribution is -2.45. The number of nitrogens with zero attached hydrogens (tertiary/aromatic N) is 2. The first kappa shape index (κ1) is 16.6. The van der Waals surface area contributed by atoms with Gasteiger partial charge in [-0.1, -0.05) is 12.1 Å². The molecule has 0 bridgehead atoms. The van der Waals surface area contributed by atoms with Crippen LogP contribution >= 0.6 is 27.3 Å². The number of carboxylic acids is 1. The smallest absolute Gasteiger partial charge is 0.335 e. The number of rotatable bonds is 5. The number of halogens is 1. The Balaban J connectivity index is 1.48. The molecule has 0 spiro atoms. The molecule has 6 heteroatoms. The van der Waals surface area contributed by atoms with Gasteiger partial charge in [0, 0.05) is 44.1 Å². The summed E-state index contributed by atoms with van der Waals surface area (Å²) in [5, 5.41) is 8.93. The Morgan fingerprint density at radius 3 is 2.13 bits per heavy atom. The highest BCUT2D eigenvalue weighted by atomic mass is 79.9. The van der Waals surface area contributed by atoms with E-state index in [0.29, 0.717) is 5.56 Å². The third-order valence-electron chi connectivity index (χ3n) is 4.08. The molecule has 0 saturated carbocycles. The molecule has 4 nitrogen and oxygen atoms in total. The quantitative estimate of drug-likeness (QED) is 0.842. The van der Waals surface area contributed by atoms with Crippen LogP contribution in [0.25, 0.3) is 0 Å². The zero-order chi connectivity index (χ0) is 16.2. The number of benzene rings is 1. The van der Waals surface area contributed by atoms with Crippen LogP contribution in [0.3, 0.4) is 0 Å². The van der Waals surface area contributed by atoms with Crippen LogP contribution < -0.4 is 0 Å². The fourth-order valence-corrected chi connectivity index (χ4v) is 4.30. The van der Waals surface area contributed by atoms with E-state index in [1.165, 1.54) is 14.2 Å². The fraction of sp³-hybridized carbons (Fsp3) is 0.353. The van der Waals surface area contributed by atoms with Gasteiger partial charge in [0.1, 0.15) is 0 Å². The van der Waals surface area contributed by atoms with E-state index in [0.717, 1.165) is 39.3 Å². The zero-order valence-electron chi connectivity index (χ0n) is 12.7. The van der Waals surface area contributed by atoms with Crippen molar-refractivity contribution in [1.29, 1.82) is 0 Å². The van der Waals surface area contributed by atoms with Gasteiger partial charge in [-0.2, -0.15) is 0 Å². The summed E-state index contributed by atoms with van der Waals surface area (Å²) in [7, 11) is 0. The third-order valence-corrected chi connectivity index (χ3v) is 5.69. The Bertz CT molecular complexity index is 663. The van der Waals surface area contributed by atoms with Crippen molar-refractivity contribution in [3.8, 4) is 0 Å². The van der Waals surface area contributed by atoms with Crippen LogP contribution in [0.15, 0.2) is 40.2 Å². The number of thiophene rings is 1. The molecule has 2 aromatic rings. The van der Waals surface area contributed by atoms with E-state index < -0.39 is 5.97 Å². The number of carboxylic acid groups (broad SMARTS) is 1. The maximum atomic E-state index is 10.9. The van der Waals surface area contributed by atoms with Crippen LogP contribution in [-0.4, -0.2) is 47.1 Å². The van der Waals surface area contributed by atoms with E-state index in [-0.39, 0.29) is 0 Å². The van der Waals surface area contributed by atoms with Crippen molar-refractivity contribution in [2.24, 2.45) is 0 Å². The number of hydrogen-bond donors (Lipinski definition) is 1. The monoisotopic (exact) mass is 394 g/mol. The van der Waals surface area contributed by atoms with Gasteiger partial charge in [-0.15, -0.1) is 11.3 Å². The molecule has 1 N–H and O–H groups in total. The lowest BCUT2D eigenvalue weighted by Gasteiger charge is -2.34. The first-order valence-electron chi connectivity index (χ1n) is 7.61. The van der Waals surface area contributed by atoms with E-state index in [1.54, 1.807) is 23.5 Å². The van der Waals surface area contributed by atoms with Gasteiger partial charge in [0.05, 0.1) is 9.35 Å². The zero-order valence-corrected chi connectivity index (χ0v) is 15.1. The molecule has 0 unspecified atom stereocenters. The molecule has 1 saturated heterocycles. The average Bonchev–Trinajstić information content (AvgIpc) is 2.95. The molecular formula is C17H19BrN2O2S. The highest BCUT2D eigenvalue weighted by molar-refractivity contribution is 9.11. The predicted octanol–water partition coefficient (Wildman–Crippen LogP) is 3.53. The van der Waals surface area contributed by atoms with Crippen molar-refractivity contribution in [2.45, 2.75) is 13.1 Å². The second-order valence-corrected chi connectivity index (χ2v) is 8.31. The first-order valence-corrected chi connectivity index (χ1v) is 9.22. The minimum atomic E-state index is -0.870. The van der Waals surface area contributed by atoms with E-state index in [2.05, 4.69) is 37.9 Å². The lowest BCUT2D eigenvalue weighted by molar-refractivity contribution is 0.0697. The number of hydrogen-bond acceptors (Lipinski definition) is 4. The van der Waals surface area contributed by atoms with Gasteiger partial charge < -0.3 is 5.11 Å². The molecular weight excluding hydrogens is 376 g/mol. The molecule has 1 aliphatic rings. The summed E-state index contributed by atoms with van der Waals surface area (Å²) in [6, 6.07) is 11.5. The van der Waals surface area contributed by atoms with Gasteiger partial charge in [-0.25, -0.2) is 4.79 Å². The summed E-state index contributed by atoms with van der Waals surface area (Å²) < 4.78 is 1.19. The molecule has 0 amide bonds. The Labute approximate surface area is 148 Å². The van der Waals surface area contributed by atoms with Crippen molar-refractivity contribution in [3.63, 3.8) is 0 Å². The van der Waals surface area contributed by atoms with Gasteiger partial charge in [0.25, 0.3) is 0 Å². The summed E-state index contributed by atoms with van der Waals surface area (Å²) in [4.78, 5) is 17.2. The largest absolute Gasteiger partial charge is 0.478 e. The summed E-state index contributed by atoms with van der Waals surface area (Å²) in [5.74, 6) is -0.870. The molecule has 1 aromatic heterocycles. The van der Waals surface area contributed by atoms with Gasteiger partial charge >= 0.3 is 5.97 Å². The van der Waals surface area contributed by atoms with Gasteiger partial charge in [0.2, 0.25) is 0 Å². The molecule has 0 radical (unpaired) electrons. The fourth-order valence-electron chi connectivity index (χ4n) is 2.77. The molecule has 3 rings (SSSR count). The molecule has 122 valence electrons. The van der Waals surface area contributed by atoms with E-state index >= 15 is 0 Å². The number of aromatic carboxylic acids is 1. The second kappa shape index (κ2) is 7.57. The van der Waals surface area contributed by atoms with Crippen LogP contribution in [0.5, 0.6) is 0 Å². The molecule has 23 heavy (non-hydrogen) atoms. The molecule has 1 aromatic carbocycles. The van der Waals surface area contributed by atoms with E-state index in [9.17, 15) is 4.79 Å². The summed E-state index contributed by atoms with van der Waals surface area (Å²) in [5.41, 5.74) is 1.52. The van der Waals surface area contributed by atoms with Crippen LogP contribution in [0.1, 0.15) is 20.8 Å². The molecule has 1 fully saturated rings. The molecule has 0 aliphatic carbocycles. The Morgan fingerprint density at radius 2 is 1.61 bits per heavy atom. The van der Waals surface area contributed by atoms with E-state index in [4.69, 9.17) is 5.11 Å². The minimum Gasteiger partial charge on any atom is -0.478 e. The van der Waals surface area contributed by atoms with Crippen LogP contribution in [0.4, 0.5) is 0 Å². The van der Waals surface area contributed by atoms with Crippen molar-refractivity contribution in [2.75, 3.05) is 26.2 Å². The van der Waals surface area contributed by atoms with Crippen molar-refractivity contribution in [3.05, 3.63) is 56.2 Å². The van der Waals surface area contributed by atoms with E-state index in [1.807, 2.05) is 12.1 Å². The molecule has 2 heterocycles. The van der Waals surface area contributed by atoms with Crippen LogP contribution in [-0.2, 0) is 13.1 Å². The van der Waals surface area contributed by atoms with Crippen molar-refractivity contribution in [1.82, 2.24) is 9.80 Å². The standard InChI is InChI=1S/C17H19BrN2O2S/c18-16-6-5-15(23-16)12-20-9-7-19(8-10-20)11-13-1-3-14(4-2-13)17(21)22/h1-6H,7-12H2,(H,21,22). The molecule has 1 aliphatic heterocycles. The van der Waals surface area contributed by atoms with Gasteiger partial charge in [0.15, 0.2) is 0 Å². The normalized spacial score (nSPS) is 16.6. The minimum absolute atomic E-state index is 0.348. The lowest BCUT2D eigenvalue weighted by atomic mass is 10.1. The Morgan fingerprint density at radius 1 is 1.00 bits per heavy atom. The number of carbonyl (C=O) groups is 1. The average molecular weight is 395 g/mol. The SMILES string of the molecule is O=C(O)c1ccc(CN2CCN(Cc3ccc(Br)s3)CC2)cc1. The second-order valence-electron chi connectivity index (χ2n) is 5.76. The third kappa shape index (κ3) is 4.64. The highest BCUT2D eigenvalue weighted by Crippen LogP contribution is 2.23. The van der Waals surface area contributed by atoms with Crippen LogP contribution in [0, 0.1) is 0 Å². The molecule has 0 atom stereocenters. The topological polar surface area (TPSA) is 43.8 Å². The van der Waals surface area contributed by atoms with Crippen molar-refractivity contribution < 1.29 is 9.90 Å². The maximum absolute atomic E-state index is 10.9. The van der Waals surface area contributed by atoms with Gasteiger partial charge in [-0.05, 0) is 45.8 Å². The summed E-state index contributed by atoms with van der Waals surface area (Å²) >= 11 is 5.31. The van der Waals surface area contributed by atoms with Gasteiger partial charge in [-0.3, -0.25) is 9.80 Å². The van der Waals surface area contributed by atoms with Crippen LogP contribution in [0.2, 0.25) is 0 Å². The predicted molar refractivity (Wildman–Crippen MR) is 96.0 cm³/mol. The summed E-state index contributed by atoms with van der Waals surface area (Å²) in [6.45, 7) is 6.15. The number of piperazine rings is 1. The maximum Gasteiger partial charge on any atom is 0.335 e. The first-order chi connectivity index (χ1) is 11.1. The highest BCUT2D eigenvalue weighted by Gasteiger charge is 2.17. The Hall–Kier alpha value is -1.21. The Kier molecular flexibility index (Phi) is 5.48. The summed E-state index contributed by atoms with van der Waals surface area (Å²) in [6.07, 6.45) is 0.